The van der Waals surface area contributed by atoms with Gasteiger partial charge in [0.1, 0.15) is 24.3 Å². The Morgan fingerprint density at radius 3 is 2.77 bits per heavy atom. The lowest BCUT2D eigenvalue weighted by Gasteiger charge is -2.09. The molecule has 0 N–H and O–H groups in total. The minimum atomic E-state index is -0.283. The van der Waals surface area contributed by atoms with E-state index in [9.17, 15) is 4.39 Å². The predicted octanol–water partition coefficient (Wildman–Crippen LogP) is 3.61. The lowest BCUT2D eigenvalue weighted by Crippen LogP contribution is -2.07. The number of nitrogens with zero attached hydrogens (tertiary/aromatic N) is 7. The van der Waals surface area contributed by atoms with Gasteiger partial charge in [0.15, 0.2) is 0 Å². The Hall–Kier alpha value is -3.81. The summed E-state index contributed by atoms with van der Waals surface area (Å²) in [4.78, 5) is 8.90. The highest BCUT2D eigenvalue weighted by Crippen LogP contribution is 2.22. The number of hydrogen-bond acceptors (Lipinski definition) is 4. The zero-order valence-electron chi connectivity index (χ0n) is 16.5. The van der Waals surface area contributed by atoms with Gasteiger partial charge >= 0.3 is 0 Å². The molecule has 3 heterocycles. The van der Waals surface area contributed by atoms with E-state index >= 15 is 0 Å². The van der Waals surface area contributed by atoms with Crippen molar-refractivity contribution >= 4 is 11.0 Å². The molecule has 3 aromatic heterocycles. The van der Waals surface area contributed by atoms with Crippen molar-refractivity contribution in [2.75, 3.05) is 0 Å². The summed E-state index contributed by atoms with van der Waals surface area (Å²) in [6, 6.07) is 14.7. The molecule has 8 heteroatoms. The molecule has 0 unspecified atom stereocenters. The monoisotopic (exact) mass is 401 g/mol. The highest BCUT2D eigenvalue weighted by atomic mass is 19.1. The highest BCUT2D eigenvalue weighted by molar-refractivity contribution is 5.77. The van der Waals surface area contributed by atoms with Crippen molar-refractivity contribution in [3.05, 3.63) is 90.3 Å². The number of aromatic nitrogens is 7. The van der Waals surface area contributed by atoms with E-state index in [4.69, 9.17) is 4.98 Å². The van der Waals surface area contributed by atoms with Crippen molar-refractivity contribution in [3.8, 4) is 5.69 Å². The molecule has 0 saturated heterocycles. The quantitative estimate of drug-likeness (QED) is 0.436. The fraction of sp³-hybridized carbons (Fsp3) is 0.182. The largest absolute Gasteiger partial charge is 0.328 e. The van der Waals surface area contributed by atoms with Gasteiger partial charge in [-0.25, -0.2) is 23.7 Å². The second kappa shape index (κ2) is 7.55. The topological polar surface area (TPSA) is 66.3 Å². The second-order valence-electron chi connectivity index (χ2n) is 7.08. The number of aryl methyl sites for hydroxylation is 1. The van der Waals surface area contributed by atoms with E-state index in [1.807, 2.05) is 12.1 Å². The van der Waals surface area contributed by atoms with Crippen molar-refractivity contribution in [1.82, 2.24) is 34.1 Å². The molecule has 30 heavy (non-hydrogen) atoms. The number of rotatable bonds is 6. The lowest BCUT2D eigenvalue weighted by molar-refractivity contribution is 0.624. The van der Waals surface area contributed by atoms with Crippen LogP contribution in [-0.4, -0.2) is 34.1 Å². The van der Waals surface area contributed by atoms with Crippen molar-refractivity contribution < 1.29 is 4.39 Å². The summed E-state index contributed by atoms with van der Waals surface area (Å²) in [6.07, 6.45) is 5.56. The molecule has 2 aromatic carbocycles. The molecular weight excluding hydrogens is 381 g/mol. The SMILES string of the molecule is CCn1c(Cc2ccnn2-c2cccc(F)c2)nc2cc(Cn3cncn3)ccc21. The van der Waals surface area contributed by atoms with Crippen molar-refractivity contribution in [2.45, 2.75) is 26.4 Å². The molecule has 150 valence electrons. The van der Waals surface area contributed by atoms with E-state index in [2.05, 4.69) is 44.9 Å². The minimum Gasteiger partial charge on any atom is -0.328 e. The molecule has 5 aromatic rings. The van der Waals surface area contributed by atoms with Gasteiger partial charge in [0.25, 0.3) is 0 Å². The zero-order valence-corrected chi connectivity index (χ0v) is 16.5. The number of halogens is 1. The van der Waals surface area contributed by atoms with Crippen molar-refractivity contribution in [1.29, 1.82) is 0 Å². The van der Waals surface area contributed by atoms with E-state index in [1.54, 1.807) is 28.0 Å². The predicted molar refractivity (Wildman–Crippen MR) is 111 cm³/mol. The van der Waals surface area contributed by atoms with Gasteiger partial charge in [-0.3, -0.25) is 0 Å². The summed E-state index contributed by atoms with van der Waals surface area (Å²) in [7, 11) is 0. The number of fused-ring (bicyclic) bond motifs is 1. The molecule has 0 radical (unpaired) electrons. The van der Waals surface area contributed by atoms with Gasteiger partial charge in [0, 0.05) is 19.2 Å². The second-order valence-corrected chi connectivity index (χ2v) is 7.08. The lowest BCUT2D eigenvalue weighted by atomic mass is 10.2. The van der Waals surface area contributed by atoms with Gasteiger partial charge in [-0.1, -0.05) is 12.1 Å². The van der Waals surface area contributed by atoms with Crippen molar-refractivity contribution in [2.24, 2.45) is 0 Å². The maximum atomic E-state index is 13.7. The van der Waals surface area contributed by atoms with Gasteiger partial charge in [-0.05, 0) is 48.9 Å². The smallest absolute Gasteiger partial charge is 0.137 e. The Bertz CT molecular complexity index is 1300. The van der Waals surface area contributed by atoms with Gasteiger partial charge in [-0.15, -0.1) is 0 Å². The first-order valence-corrected chi connectivity index (χ1v) is 9.80. The molecule has 5 rings (SSSR count). The van der Waals surface area contributed by atoms with E-state index in [0.29, 0.717) is 18.7 Å². The van der Waals surface area contributed by atoms with Crippen LogP contribution in [0, 0.1) is 5.82 Å². The molecule has 0 aliphatic heterocycles. The Labute approximate surface area is 172 Å². The summed E-state index contributed by atoms with van der Waals surface area (Å²) in [5.41, 5.74) is 4.80. The third kappa shape index (κ3) is 3.36. The third-order valence-electron chi connectivity index (χ3n) is 5.13. The fourth-order valence-corrected chi connectivity index (χ4v) is 3.78. The molecule has 0 saturated carbocycles. The Morgan fingerprint density at radius 2 is 1.97 bits per heavy atom. The normalized spacial score (nSPS) is 11.4. The minimum absolute atomic E-state index is 0.283. The van der Waals surface area contributed by atoms with Crippen LogP contribution in [0.5, 0.6) is 0 Å². The van der Waals surface area contributed by atoms with E-state index in [0.717, 1.165) is 34.7 Å². The summed E-state index contributed by atoms with van der Waals surface area (Å²) >= 11 is 0. The molecule has 0 spiro atoms. The maximum Gasteiger partial charge on any atom is 0.137 e. The van der Waals surface area contributed by atoms with Crippen LogP contribution in [-0.2, 0) is 19.5 Å². The number of imidazole rings is 1. The summed E-state index contributed by atoms with van der Waals surface area (Å²) in [5, 5.41) is 8.55. The van der Waals surface area contributed by atoms with E-state index in [1.165, 1.54) is 18.5 Å². The van der Waals surface area contributed by atoms with Crippen LogP contribution < -0.4 is 0 Å². The van der Waals surface area contributed by atoms with E-state index < -0.39 is 0 Å². The fourth-order valence-electron chi connectivity index (χ4n) is 3.78. The van der Waals surface area contributed by atoms with Gasteiger partial charge in [0.05, 0.1) is 29.0 Å². The first-order chi connectivity index (χ1) is 14.7. The molecule has 0 bridgehead atoms. The van der Waals surface area contributed by atoms with Crippen molar-refractivity contribution in [3.63, 3.8) is 0 Å². The van der Waals surface area contributed by atoms with Crippen LogP contribution in [0.15, 0.2) is 67.4 Å². The van der Waals surface area contributed by atoms with Crippen LogP contribution in [0.25, 0.3) is 16.7 Å². The van der Waals surface area contributed by atoms with E-state index in [-0.39, 0.29) is 5.82 Å². The van der Waals surface area contributed by atoms with Gasteiger partial charge in [-0.2, -0.15) is 10.2 Å². The molecular formula is C22H20FN7. The molecule has 7 nitrogen and oxygen atoms in total. The molecule has 0 aliphatic carbocycles. The average Bonchev–Trinajstić information content (AvgIpc) is 3.48. The zero-order chi connectivity index (χ0) is 20.5. The summed E-state index contributed by atoms with van der Waals surface area (Å²) < 4.78 is 19.4. The Balaban J connectivity index is 1.50. The maximum absolute atomic E-state index is 13.7. The van der Waals surface area contributed by atoms with Crippen LogP contribution in [0.2, 0.25) is 0 Å². The molecule has 0 aliphatic rings. The number of hydrogen-bond donors (Lipinski definition) is 0. The molecule has 0 atom stereocenters. The van der Waals surface area contributed by atoms with Gasteiger partial charge < -0.3 is 4.57 Å². The Kier molecular flexibility index (Phi) is 4.59. The van der Waals surface area contributed by atoms with Crippen LogP contribution in [0.3, 0.4) is 0 Å². The van der Waals surface area contributed by atoms with Gasteiger partial charge in [0.2, 0.25) is 0 Å². The number of benzene rings is 2. The van der Waals surface area contributed by atoms with Crippen LogP contribution in [0.4, 0.5) is 4.39 Å². The standard InChI is InChI=1S/C22H20FN7/c1-2-29-21-7-6-16(13-28-15-24-14-26-28)10-20(21)27-22(29)12-19-8-9-25-30(19)18-5-3-4-17(23)11-18/h3-11,14-15H,2,12-13H2,1H3. The molecule has 0 fully saturated rings. The third-order valence-corrected chi connectivity index (χ3v) is 5.13. The Morgan fingerprint density at radius 1 is 1.03 bits per heavy atom. The first-order valence-electron chi connectivity index (χ1n) is 9.80. The van der Waals surface area contributed by atoms with Crippen LogP contribution >= 0.6 is 0 Å². The molecule has 0 amide bonds. The summed E-state index contributed by atoms with van der Waals surface area (Å²) in [6.45, 7) is 3.57. The first kappa shape index (κ1) is 18.2. The average molecular weight is 401 g/mol. The van der Waals surface area contributed by atoms with Crippen LogP contribution in [0.1, 0.15) is 24.0 Å². The summed E-state index contributed by atoms with van der Waals surface area (Å²) in [5.74, 6) is 0.665. The highest BCUT2D eigenvalue weighted by Gasteiger charge is 2.14.